The molecule has 1 fully saturated rings. The number of benzene rings is 2. The summed E-state index contributed by atoms with van der Waals surface area (Å²) < 4.78 is 17.2. The maximum Gasteiger partial charge on any atom is 0.226 e. The van der Waals surface area contributed by atoms with E-state index in [9.17, 15) is 4.79 Å². The van der Waals surface area contributed by atoms with Crippen LogP contribution in [0.25, 0.3) is 16.1 Å². The summed E-state index contributed by atoms with van der Waals surface area (Å²) in [5.74, 6) is -0.470. The van der Waals surface area contributed by atoms with E-state index in [2.05, 4.69) is 45.6 Å². The third kappa shape index (κ3) is 3.71. The van der Waals surface area contributed by atoms with Gasteiger partial charge in [-0.2, -0.15) is 5.10 Å². The number of rotatable bonds is 3. The van der Waals surface area contributed by atoms with Crippen molar-refractivity contribution in [2.45, 2.75) is 51.0 Å². The van der Waals surface area contributed by atoms with Gasteiger partial charge >= 0.3 is 0 Å². The number of hydrogen-bond acceptors (Lipinski definition) is 3. The second-order valence-corrected chi connectivity index (χ2v) is 10.9. The summed E-state index contributed by atoms with van der Waals surface area (Å²) in [5, 5.41) is 5.14. The Morgan fingerprint density at radius 3 is 2.46 bits per heavy atom. The molecular weight excluding hydrogens is 463 g/mol. The van der Waals surface area contributed by atoms with Crippen LogP contribution in [0.2, 0.25) is 0 Å². The van der Waals surface area contributed by atoms with Crippen molar-refractivity contribution >= 4 is 11.5 Å². The summed E-state index contributed by atoms with van der Waals surface area (Å²) in [6.07, 6.45) is 5.31. The van der Waals surface area contributed by atoms with Crippen molar-refractivity contribution in [3.63, 3.8) is 0 Å². The number of ketones is 1. The van der Waals surface area contributed by atoms with Gasteiger partial charge in [0.1, 0.15) is 5.82 Å². The largest absolute Gasteiger partial charge is 0.371 e. The number of carbonyl (C=O) groups is 1. The highest BCUT2D eigenvalue weighted by atomic mass is 19.1. The molecule has 0 amide bonds. The molecule has 37 heavy (non-hydrogen) atoms. The zero-order chi connectivity index (χ0) is 25.7. The molecule has 0 spiro atoms. The fourth-order valence-electron chi connectivity index (χ4n) is 7.00. The number of Topliss-reactive ketones (excluding diaryl/α,β-unsaturated/α-hetero) is 1. The van der Waals surface area contributed by atoms with Crippen molar-refractivity contribution in [1.82, 2.24) is 9.78 Å². The van der Waals surface area contributed by atoms with Gasteiger partial charge in [-0.05, 0) is 55.9 Å². The van der Waals surface area contributed by atoms with E-state index in [1.807, 2.05) is 31.2 Å². The number of anilines is 1. The summed E-state index contributed by atoms with van der Waals surface area (Å²) in [6.45, 7) is 13.6. The molecule has 0 bridgehead atoms. The van der Waals surface area contributed by atoms with Crippen molar-refractivity contribution in [3.05, 3.63) is 94.9 Å². The highest BCUT2D eigenvalue weighted by molar-refractivity contribution is 6.00. The number of para-hydroxylation sites is 1. The van der Waals surface area contributed by atoms with Crippen molar-refractivity contribution in [2.24, 2.45) is 11.8 Å². The second-order valence-electron chi connectivity index (χ2n) is 10.9. The van der Waals surface area contributed by atoms with Crippen molar-refractivity contribution < 1.29 is 9.18 Å². The van der Waals surface area contributed by atoms with Crippen LogP contribution in [-0.2, 0) is 16.6 Å². The summed E-state index contributed by atoms with van der Waals surface area (Å²) >= 11 is 0. The molecule has 1 saturated heterocycles. The molecule has 0 saturated carbocycles. The molecule has 3 aromatic rings. The maximum absolute atomic E-state index is 15.0. The normalized spacial score (nSPS) is 25.7. The third-order valence-corrected chi connectivity index (χ3v) is 8.88. The Hall–Kier alpha value is -3.72. The van der Waals surface area contributed by atoms with Crippen LogP contribution in [0.1, 0.15) is 50.4 Å². The summed E-state index contributed by atoms with van der Waals surface area (Å²) in [4.78, 5) is 19.0. The second kappa shape index (κ2) is 8.99. The smallest absolute Gasteiger partial charge is 0.226 e. The van der Waals surface area contributed by atoms with E-state index in [0.717, 1.165) is 50.0 Å². The molecule has 0 radical (unpaired) electrons. The van der Waals surface area contributed by atoms with Gasteiger partial charge in [-0.3, -0.25) is 4.68 Å². The molecule has 6 rings (SSSR count). The lowest BCUT2D eigenvalue weighted by atomic mass is 9.58. The van der Waals surface area contributed by atoms with Gasteiger partial charge in [-0.25, -0.2) is 9.24 Å². The zero-order valence-corrected chi connectivity index (χ0v) is 21.3. The standard InChI is InChI=1S/C31H31FN4O/c1-20-25-14-13-24-28(23-11-7-8-12-26(23)32)34-36(30(24)31(25,2)19-27(33-3)29(20)37)22-15-17-35(18-16-22)21-9-5-4-6-10-21/h4-12,19-20,22,25H,13-18H2,1-2H3/t20-,25-,31-/m1/s1. The summed E-state index contributed by atoms with van der Waals surface area (Å²) in [7, 11) is 0. The maximum atomic E-state index is 15.0. The van der Waals surface area contributed by atoms with E-state index in [1.54, 1.807) is 6.07 Å². The van der Waals surface area contributed by atoms with Crippen LogP contribution < -0.4 is 4.90 Å². The molecule has 3 aliphatic rings. The van der Waals surface area contributed by atoms with Crippen LogP contribution >= 0.6 is 0 Å². The molecule has 2 heterocycles. The first kappa shape index (κ1) is 23.7. The van der Waals surface area contributed by atoms with Crippen LogP contribution in [0.15, 0.2) is 66.4 Å². The highest BCUT2D eigenvalue weighted by Crippen LogP contribution is 2.52. The van der Waals surface area contributed by atoms with Gasteiger partial charge in [0.05, 0.1) is 24.0 Å². The minimum atomic E-state index is -0.506. The van der Waals surface area contributed by atoms with E-state index < -0.39 is 5.41 Å². The van der Waals surface area contributed by atoms with Gasteiger partial charge in [0.2, 0.25) is 5.70 Å². The Kier molecular flexibility index (Phi) is 5.75. The molecule has 1 aromatic heterocycles. The fourth-order valence-corrected chi connectivity index (χ4v) is 7.00. The van der Waals surface area contributed by atoms with Gasteiger partial charge in [0.15, 0.2) is 5.78 Å². The predicted octanol–water partition coefficient (Wildman–Crippen LogP) is 6.37. The molecule has 1 aliphatic heterocycles. The van der Waals surface area contributed by atoms with E-state index in [4.69, 9.17) is 11.7 Å². The SMILES string of the molecule is [C-]#[N+]C1=C[C@@]2(C)c3c(c(-c4ccccc4F)nn3C3CCN(c4ccccc4)CC3)CC[C@@H]2[C@@H](C)C1=O. The lowest BCUT2D eigenvalue weighted by Gasteiger charge is -2.46. The monoisotopic (exact) mass is 494 g/mol. The van der Waals surface area contributed by atoms with E-state index in [1.165, 1.54) is 11.8 Å². The summed E-state index contributed by atoms with van der Waals surface area (Å²) in [5.41, 5.74) is 4.31. The number of carbonyl (C=O) groups excluding carboxylic acids is 1. The first-order valence-electron chi connectivity index (χ1n) is 13.2. The third-order valence-electron chi connectivity index (χ3n) is 8.88. The minimum Gasteiger partial charge on any atom is -0.371 e. The quantitative estimate of drug-likeness (QED) is 0.397. The van der Waals surface area contributed by atoms with Gasteiger partial charge in [-0.15, -0.1) is 0 Å². The Morgan fingerprint density at radius 1 is 1.05 bits per heavy atom. The van der Waals surface area contributed by atoms with Crippen molar-refractivity contribution in [2.75, 3.05) is 18.0 Å². The molecule has 6 heteroatoms. The number of halogens is 1. The number of piperidine rings is 1. The van der Waals surface area contributed by atoms with Gasteiger partial charge < -0.3 is 9.69 Å². The Bertz CT molecular complexity index is 1430. The van der Waals surface area contributed by atoms with Crippen LogP contribution in [0.3, 0.4) is 0 Å². The van der Waals surface area contributed by atoms with E-state index >= 15 is 4.39 Å². The highest BCUT2D eigenvalue weighted by Gasteiger charge is 2.51. The van der Waals surface area contributed by atoms with Crippen LogP contribution in [0, 0.1) is 24.2 Å². The average Bonchev–Trinajstić information content (AvgIpc) is 3.32. The predicted molar refractivity (Wildman–Crippen MR) is 143 cm³/mol. The van der Waals surface area contributed by atoms with E-state index in [0.29, 0.717) is 11.3 Å². The number of aromatic nitrogens is 2. The average molecular weight is 495 g/mol. The topological polar surface area (TPSA) is 42.5 Å². The number of allylic oxidation sites excluding steroid dienone is 2. The molecule has 3 atom stereocenters. The van der Waals surface area contributed by atoms with Crippen LogP contribution in [0.4, 0.5) is 10.1 Å². The molecular formula is C31H31FN4O. The molecule has 2 aliphatic carbocycles. The molecule has 5 nitrogen and oxygen atoms in total. The van der Waals surface area contributed by atoms with Gasteiger partial charge in [0.25, 0.3) is 0 Å². The Balaban J connectivity index is 1.47. The van der Waals surface area contributed by atoms with E-state index in [-0.39, 0.29) is 35.2 Å². The first-order chi connectivity index (χ1) is 17.9. The van der Waals surface area contributed by atoms with Gasteiger partial charge in [0, 0.05) is 41.2 Å². The van der Waals surface area contributed by atoms with Crippen LogP contribution in [-0.4, -0.2) is 28.7 Å². The molecule has 0 N–H and O–H groups in total. The van der Waals surface area contributed by atoms with Gasteiger partial charge in [-0.1, -0.05) is 50.3 Å². The fraction of sp³-hybridized carbons (Fsp3) is 0.387. The zero-order valence-electron chi connectivity index (χ0n) is 21.3. The summed E-state index contributed by atoms with van der Waals surface area (Å²) in [6, 6.07) is 17.5. The molecule has 0 unspecified atom stereocenters. The Labute approximate surface area is 217 Å². The number of hydrogen-bond donors (Lipinski definition) is 0. The lowest BCUT2D eigenvalue weighted by Crippen LogP contribution is -2.47. The lowest BCUT2D eigenvalue weighted by molar-refractivity contribution is -0.121. The van der Waals surface area contributed by atoms with Crippen LogP contribution in [0.5, 0.6) is 0 Å². The van der Waals surface area contributed by atoms with Crippen molar-refractivity contribution in [3.8, 4) is 11.3 Å². The number of fused-ring (bicyclic) bond motifs is 3. The molecule has 188 valence electrons. The molecule has 2 aromatic carbocycles. The Morgan fingerprint density at radius 2 is 1.76 bits per heavy atom. The van der Waals surface area contributed by atoms with Crippen molar-refractivity contribution in [1.29, 1.82) is 0 Å². The minimum absolute atomic E-state index is 0.0579. The number of nitrogens with zero attached hydrogens (tertiary/aromatic N) is 4. The first-order valence-corrected chi connectivity index (χ1v) is 13.2.